The second-order valence-electron chi connectivity index (χ2n) is 7.84. The number of rotatable bonds is 1. The summed E-state index contributed by atoms with van der Waals surface area (Å²) in [4.78, 5) is 22.4. The molecule has 5 heteroatoms. The number of hydrogen-bond donors (Lipinski definition) is 1. The van der Waals surface area contributed by atoms with Gasteiger partial charge in [-0.3, -0.25) is 0 Å². The average Bonchev–Trinajstić information content (AvgIpc) is 2.89. The molecule has 0 radical (unpaired) electrons. The number of nitrogens with zero attached hydrogens (tertiary/aromatic N) is 2. The van der Waals surface area contributed by atoms with E-state index in [4.69, 9.17) is 9.72 Å². The summed E-state index contributed by atoms with van der Waals surface area (Å²) in [5.41, 5.74) is 4.12. The first-order valence-corrected chi connectivity index (χ1v) is 8.68. The number of piperidine rings is 1. The van der Waals surface area contributed by atoms with Crippen LogP contribution in [0.1, 0.15) is 56.5 Å². The molecule has 1 amide bonds. The lowest BCUT2D eigenvalue weighted by atomic mass is 9.98. The van der Waals surface area contributed by atoms with Crippen molar-refractivity contribution in [2.75, 3.05) is 13.1 Å². The lowest BCUT2D eigenvalue weighted by molar-refractivity contribution is 0.0196. The van der Waals surface area contributed by atoms with Gasteiger partial charge in [0.2, 0.25) is 0 Å². The van der Waals surface area contributed by atoms with E-state index in [1.54, 1.807) is 0 Å². The molecule has 1 N–H and O–H groups in total. The van der Waals surface area contributed by atoms with Crippen LogP contribution >= 0.6 is 0 Å². The van der Waals surface area contributed by atoms with Crippen LogP contribution in [0.15, 0.2) is 12.1 Å². The summed E-state index contributed by atoms with van der Waals surface area (Å²) in [7, 11) is 0. The van der Waals surface area contributed by atoms with Crippen molar-refractivity contribution in [3.8, 4) is 0 Å². The molecule has 1 aliphatic rings. The number of aromatic nitrogens is 2. The molecular weight excluding hydrogens is 302 g/mol. The van der Waals surface area contributed by atoms with E-state index in [1.807, 2.05) is 25.7 Å². The van der Waals surface area contributed by atoms with E-state index in [0.717, 1.165) is 36.2 Å². The maximum Gasteiger partial charge on any atom is 0.410 e. The van der Waals surface area contributed by atoms with Gasteiger partial charge in [0.05, 0.1) is 11.0 Å². The zero-order chi connectivity index (χ0) is 17.5. The van der Waals surface area contributed by atoms with Crippen molar-refractivity contribution in [1.82, 2.24) is 14.9 Å². The van der Waals surface area contributed by atoms with Gasteiger partial charge in [-0.1, -0.05) is 0 Å². The number of amides is 1. The molecule has 1 atom stereocenters. The van der Waals surface area contributed by atoms with Gasteiger partial charge in [0, 0.05) is 19.0 Å². The Hall–Kier alpha value is -2.04. The number of ether oxygens (including phenoxy) is 1. The van der Waals surface area contributed by atoms with Gasteiger partial charge in [0.15, 0.2) is 0 Å². The second-order valence-corrected chi connectivity index (χ2v) is 7.84. The molecule has 0 spiro atoms. The third-order valence-electron chi connectivity index (χ3n) is 4.58. The van der Waals surface area contributed by atoms with Gasteiger partial charge in [-0.2, -0.15) is 0 Å². The topological polar surface area (TPSA) is 58.2 Å². The summed E-state index contributed by atoms with van der Waals surface area (Å²) in [6, 6.07) is 4.27. The fourth-order valence-electron chi connectivity index (χ4n) is 3.18. The van der Waals surface area contributed by atoms with Crippen LogP contribution < -0.4 is 0 Å². The number of nitrogens with one attached hydrogen (secondary N) is 1. The van der Waals surface area contributed by atoms with Gasteiger partial charge in [0.1, 0.15) is 11.4 Å². The number of likely N-dealkylation sites (tertiary alicyclic amines) is 1. The molecule has 24 heavy (non-hydrogen) atoms. The molecule has 3 rings (SSSR count). The quantitative estimate of drug-likeness (QED) is 0.849. The Morgan fingerprint density at radius 3 is 2.71 bits per heavy atom. The number of aryl methyl sites for hydroxylation is 2. The minimum absolute atomic E-state index is 0.227. The standard InChI is InChI=1S/C19H27N3O2/c1-12-9-15-16(10-13(12)2)21-17(20-15)14-7-6-8-22(11-14)18(23)24-19(3,4)5/h9-10,14H,6-8,11H2,1-5H3,(H,20,21). The monoisotopic (exact) mass is 329 g/mol. The zero-order valence-electron chi connectivity index (χ0n) is 15.3. The van der Waals surface area contributed by atoms with Crippen LogP contribution in [0.4, 0.5) is 4.79 Å². The number of imidazole rings is 1. The SMILES string of the molecule is Cc1cc2nc(C3CCCN(C(=O)OC(C)(C)C)C3)[nH]c2cc1C. The van der Waals surface area contributed by atoms with E-state index in [2.05, 4.69) is 31.0 Å². The van der Waals surface area contributed by atoms with Gasteiger partial charge >= 0.3 is 6.09 Å². The number of benzene rings is 1. The maximum absolute atomic E-state index is 12.3. The summed E-state index contributed by atoms with van der Waals surface area (Å²) in [6.07, 6.45) is 1.78. The molecule has 1 aromatic carbocycles. The third kappa shape index (κ3) is 3.55. The predicted octanol–water partition coefficient (Wildman–Crippen LogP) is 4.29. The van der Waals surface area contributed by atoms with Crippen LogP contribution in [-0.2, 0) is 4.74 Å². The first kappa shape index (κ1) is 16.8. The molecule has 2 aromatic rings. The van der Waals surface area contributed by atoms with Gasteiger partial charge < -0.3 is 14.6 Å². The highest BCUT2D eigenvalue weighted by Crippen LogP contribution is 2.28. The molecule has 1 aromatic heterocycles. The molecular formula is C19H27N3O2. The fraction of sp³-hybridized carbons (Fsp3) is 0.579. The molecule has 0 saturated carbocycles. The van der Waals surface area contributed by atoms with E-state index >= 15 is 0 Å². The highest BCUT2D eigenvalue weighted by atomic mass is 16.6. The molecule has 0 bridgehead atoms. The first-order valence-electron chi connectivity index (χ1n) is 8.68. The number of carbonyl (C=O) groups is 1. The smallest absolute Gasteiger partial charge is 0.410 e. The van der Waals surface area contributed by atoms with Crippen LogP contribution in [0, 0.1) is 13.8 Å². The number of fused-ring (bicyclic) bond motifs is 1. The Morgan fingerprint density at radius 2 is 2.00 bits per heavy atom. The lowest BCUT2D eigenvalue weighted by Gasteiger charge is -2.33. The minimum atomic E-state index is -0.460. The number of carbonyl (C=O) groups excluding carboxylic acids is 1. The average molecular weight is 329 g/mol. The van der Waals surface area contributed by atoms with E-state index < -0.39 is 5.60 Å². The van der Waals surface area contributed by atoms with Gasteiger partial charge in [-0.25, -0.2) is 9.78 Å². The first-order chi connectivity index (χ1) is 11.2. The summed E-state index contributed by atoms with van der Waals surface area (Å²) in [6.45, 7) is 11.3. The van der Waals surface area contributed by atoms with E-state index in [9.17, 15) is 4.79 Å². The zero-order valence-corrected chi connectivity index (χ0v) is 15.3. The van der Waals surface area contributed by atoms with Crippen molar-refractivity contribution < 1.29 is 9.53 Å². The van der Waals surface area contributed by atoms with Crippen molar-refractivity contribution in [2.24, 2.45) is 0 Å². The van der Waals surface area contributed by atoms with E-state index in [-0.39, 0.29) is 12.0 Å². The molecule has 1 aliphatic heterocycles. The number of H-pyrrole nitrogens is 1. The molecule has 130 valence electrons. The van der Waals surface area contributed by atoms with Crippen LogP contribution in [0.5, 0.6) is 0 Å². The summed E-state index contributed by atoms with van der Waals surface area (Å²) in [5, 5.41) is 0. The van der Waals surface area contributed by atoms with Crippen molar-refractivity contribution in [3.63, 3.8) is 0 Å². The van der Waals surface area contributed by atoms with Crippen LogP contribution in [-0.4, -0.2) is 39.7 Å². The molecule has 1 unspecified atom stereocenters. The molecule has 2 heterocycles. The summed E-state index contributed by atoms with van der Waals surface area (Å²) < 4.78 is 5.51. The van der Waals surface area contributed by atoms with E-state index in [0.29, 0.717) is 6.54 Å². The predicted molar refractivity (Wildman–Crippen MR) is 95.3 cm³/mol. The second kappa shape index (κ2) is 6.11. The highest BCUT2D eigenvalue weighted by Gasteiger charge is 2.29. The molecule has 1 fully saturated rings. The molecule has 1 saturated heterocycles. The lowest BCUT2D eigenvalue weighted by Crippen LogP contribution is -2.42. The van der Waals surface area contributed by atoms with Crippen molar-refractivity contribution >= 4 is 17.1 Å². The van der Waals surface area contributed by atoms with Gasteiger partial charge in [0.25, 0.3) is 0 Å². The van der Waals surface area contributed by atoms with Crippen molar-refractivity contribution in [3.05, 3.63) is 29.1 Å². The molecule has 0 aliphatic carbocycles. The van der Waals surface area contributed by atoms with Gasteiger partial charge in [-0.05, 0) is 70.7 Å². The fourth-order valence-corrected chi connectivity index (χ4v) is 3.18. The highest BCUT2D eigenvalue weighted by molar-refractivity contribution is 5.77. The Labute approximate surface area is 143 Å². The largest absolute Gasteiger partial charge is 0.444 e. The normalized spacial score (nSPS) is 18.9. The Morgan fingerprint density at radius 1 is 1.29 bits per heavy atom. The maximum atomic E-state index is 12.3. The summed E-state index contributed by atoms with van der Waals surface area (Å²) in [5.74, 6) is 1.21. The van der Waals surface area contributed by atoms with E-state index in [1.165, 1.54) is 11.1 Å². The Kier molecular flexibility index (Phi) is 4.28. The summed E-state index contributed by atoms with van der Waals surface area (Å²) >= 11 is 0. The Balaban J connectivity index is 1.78. The van der Waals surface area contributed by atoms with Crippen LogP contribution in [0.3, 0.4) is 0 Å². The third-order valence-corrected chi connectivity index (χ3v) is 4.58. The van der Waals surface area contributed by atoms with Crippen LogP contribution in [0.2, 0.25) is 0 Å². The van der Waals surface area contributed by atoms with Crippen molar-refractivity contribution in [2.45, 2.75) is 59.0 Å². The number of hydrogen-bond acceptors (Lipinski definition) is 3. The number of aromatic amines is 1. The van der Waals surface area contributed by atoms with Gasteiger partial charge in [-0.15, -0.1) is 0 Å². The Bertz CT molecular complexity index is 719. The van der Waals surface area contributed by atoms with Crippen molar-refractivity contribution in [1.29, 1.82) is 0 Å². The van der Waals surface area contributed by atoms with Crippen LogP contribution in [0.25, 0.3) is 11.0 Å². The minimum Gasteiger partial charge on any atom is -0.444 e. The molecule has 5 nitrogen and oxygen atoms in total.